The highest BCUT2D eigenvalue weighted by Crippen LogP contribution is 2.20. The molecule has 1 aromatic rings. The van der Waals surface area contributed by atoms with Gasteiger partial charge in [-0.3, -0.25) is 0 Å². The number of hydrogen-bond acceptors (Lipinski definition) is 4. The van der Waals surface area contributed by atoms with Crippen LogP contribution in [0.25, 0.3) is 0 Å². The van der Waals surface area contributed by atoms with E-state index >= 15 is 0 Å². The summed E-state index contributed by atoms with van der Waals surface area (Å²) >= 11 is 4.74. The zero-order valence-electron chi connectivity index (χ0n) is 11.3. The molecule has 21 heavy (non-hydrogen) atoms. The molecule has 1 atom stereocenters. The normalized spacial score (nSPS) is 19.4. The largest absolute Gasteiger partial charge is 0.389 e. The third-order valence-electron chi connectivity index (χ3n) is 3.33. The summed E-state index contributed by atoms with van der Waals surface area (Å²) in [5.41, 5.74) is 5.18. The van der Waals surface area contributed by atoms with Gasteiger partial charge in [-0.2, -0.15) is 0 Å². The van der Waals surface area contributed by atoms with Crippen molar-refractivity contribution >= 4 is 27.2 Å². The van der Waals surface area contributed by atoms with Gasteiger partial charge in [-0.25, -0.2) is 17.5 Å². The van der Waals surface area contributed by atoms with E-state index in [0.29, 0.717) is 13.2 Å². The Morgan fingerprint density at radius 1 is 1.52 bits per heavy atom. The average Bonchev–Trinajstić information content (AvgIpc) is 2.46. The minimum Gasteiger partial charge on any atom is -0.389 e. The summed E-state index contributed by atoms with van der Waals surface area (Å²) < 4.78 is 46.2. The molecule has 1 heterocycles. The van der Waals surface area contributed by atoms with Crippen LogP contribution in [-0.2, 0) is 14.8 Å². The van der Waals surface area contributed by atoms with Crippen molar-refractivity contribution in [2.24, 2.45) is 11.7 Å². The van der Waals surface area contributed by atoms with Crippen LogP contribution in [0.15, 0.2) is 23.1 Å². The fourth-order valence-corrected chi connectivity index (χ4v) is 3.86. The van der Waals surface area contributed by atoms with Gasteiger partial charge in [0.1, 0.15) is 10.8 Å². The van der Waals surface area contributed by atoms with E-state index in [1.54, 1.807) is 0 Å². The molecule has 0 spiro atoms. The van der Waals surface area contributed by atoms with Crippen molar-refractivity contribution in [1.82, 2.24) is 4.72 Å². The lowest BCUT2D eigenvalue weighted by molar-refractivity contribution is 0.0568. The molecule has 1 fully saturated rings. The summed E-state index contributed by atoms with van der Waals surface area (Å²) in [7, 11) is -3.87. The lowest BCUT2D eigenvalue weighted by Gasteiger charge is -2.22. The molecule has 1 aliphatic rings. The second-order valence-electron chi connectivity index (χ2n) is 4.91. The molecule has 0 aliphatic carbocycles. The van der Waals surface area contributed by atoms with Crippen LogP contribution in [0.2, 0.25) is 0 Å². The number of sulfonamides is 1. The number of ether oxygens (including phenoxy) is 1. The molecule has 8 heteroatoms. The Hall–Kier alpha value is -1.09. The summed E-state index contributed by atoms with van der Waals surface area (Å²) in [5, 5.41) is 0. The van der Waals surface area contributed by atoms with Crippen LogP contribution in [0.3, 0.4) is 0 Å². The van der Waals surface area contributed by atoms with Gasteiger partial charge in [0.25, 0.3) is 0 Å². The molecule has 3 N–H and O–H groups in total. The van der Waals surface area contributed by atoms with Crippen LogP contribution in [0.1, 0.15) is 18.4 Å². The van der Waals surface area contributed by atoms with E-state index in [0.717, 1.165) is 18.9 Å². The Labute approximate surface area is 128 Å². The number of hydrogen-bond donors (Lipinski definition) is 2. The molecule has 5 nitrogen and oxygen atoms in total. The third kappa shape index (κ3) is 3.97. The SMILES string of the molecule is NC(=S)c1c(F)cccc1S(=O)(=O)NCC1CCCOC1. The van der Waals surface area contributed by atoms with Crippen molar-refractivity contribution in [3.05, 3.63) is 29.6 Å². The standard InChI is InChI=1S/C13H17FN2O3S2/c14-10-4-1-5-11(12(10)13(15)20)21(17,18)16-7-9-3-2-6-19-8-9/h1,4-5,9,16H,2-3,6-8H2,(H2,15,20). The van der Waals surface area contributed by atoms with Crippen molar-refractivity contribution in [2.75, 3.05) is 19.8 Å². The monoisotopic (exact) mass is 332 g/mol. The van der Waals surface area contributed by atoms with Crippen LogP contribution in [0, 0.1) is 11.7 Å². The van der Waals surface area contributed by atoms with E-state index in [9.17, 15) is 12.8 Å². The minimum atomic E-state index is -3.87. The zero-order valence-corrected chi connectivity index (χ0v) is 13.0. The summed E-state index contributed by atoms with van der Waals surface area (Å²) in [6, 6.07) is 3.73. The minimum absolute atomic E-state index is 0.121. The number of halogens is 1. The van der Waals surface area contributed by atoms with Gasteiger partial charge in [-0.1, -0.05) is 18.3 Å². The Balaban J connectivity index is 2.19. The molecular weight excluding hydrogens is 315 g/mol. The molecule has 1 aliphatic heterocycles. The third-order valence-corrected chi connectivity index (χ3v) is 5.00. The first-order valence-electron chi connectivity index (χ1n) is 6.57. The van der Waals surface area contributed by atoms with Crippen LogP contribution < -0.4 is 10.5 Å². The van der Waals surface area contributed by atoms with Gasteiger partial charge in [0.05, 0.1) is 17.1 Å². The van der Waals surface area contributed by atoms with E-state index in [-0.39, 0.29) is 27.9 Å². The van der Waals surface area contributed by atoms with Gasteiger partial charge in [0.2, 0.25) is 10.0 Å². The van der Waals surface area contributed by atoms with E-state index in [1.165, 1.54) is 12.1 Å². The molecule has 0 bridgehead atoms. The second-order valence-corrected chi connectivity index (χ2v) is 7.09. The van der Waals surface area contributed by atoms with Crippen LogP contribution in [0.5, 0.6) is 0 Å². The molecule has 1 saturated heterocycles. The Bertz CT molecular complexity index is 628. The van der Waals surface area contributed by atoms with Crippen molar-refractivity contribution in [3.8, 4) is 0 Å². The highest BCUT2D eigenvalue weighted by molar-refractivity contribution is 7.89. The molecule has 1 unspecified atom stereocenters. The van der Waals surface area contributed by atoms with E-state index in [2.05, 4.69) is 4.72 Å². The smallest absolute Gasteiger partial charge is 0.241 e. The fraction of sp³-hybridized carbons (Fsp3) is 0.462. The van der Waals surface area contributed by atoms with Gasteiger partial charge < -0.3 is 10.5 Å². The maximum atomic E-state index is 13.7. The summed E-state index contributed by atoms with van der Waals surface area (Å²) in [4.78, 5) is -0.513. The zero-order chi connectivity index (χ0) is 15.5. The molecule has 0 amide bonds. The van der Waals surface area contributed by atoms with Crippen molar-refractivity contribution < 1.29 is 17.5 Å². The molecule has 0 aromatic heterocycles. The van der Waals surface area contributed by atoms with Gasteiger partial charge in [-0.15, -0.1) is 0 Å². The average molecular weight is 332 g/mol. The molecule has 1 aromatic carbocycles. The number of thiocarbonyl (C=S) groups is 1. The quantitative estimate of drug-likeness (QED) is 0.791. The topological polar surface area (TPSA) is 81.4 Å². The van der Waals surface area contributed by atoms with Gasteiger partial charge in [0.15, 0.2) is 0 Å². The first kappa shape index (κ1) is 16.3. The second kappa shape index (κ2) is 6.78. The van der Waals surface area contributed by atoms with Gasteiger partial charge >= 0.3 is 0 Å². The van der Waals surface area contributed by atoms with E-state index in [1.807, 2.05) is 0 Å². The number of nitrogens with one attached hydrogen (secondary N) is 1. The molecular formula is C13H17FN2O3S2. The lowest BCUT2D eigenvalue weighted by Crippen LogP contribution is -2.34. The summed E-state index contributed by atoms with van der Waals surface area (Å²) in [6.45, 7) is 1.47. The van der Waals surface area contributed by atoms with Crippen LogP contribution >= 0.6 is 12.2 Å². The predicted molar refractivity (Wildman–Crippen MR) is 81.0 cm³/mol. The number of nitrogens with two attached hydrogens (primary N) is 1. The van der Waals surface area contributed by atoms with Gasteiger partial charge in [-0.05, 0) is 30.9 Å². The predicted octanol–water partition coefficient (Wildman–Crippen LogP) is 1.16. The molecule has 0 radical (unpaired) electrons. The highest BCUT2D eigenvalue weighted by atomic mass is 32.2. The Morgan fingerprint density at radius 3 is 2.90 bits per heavy atom. The van der Waals surface area contributed by atoms with E-state index < -0.39 is 15.8 Å². The Kier molecular flexibility index (Phi) is 5.26. The number of rotatable bonds is 5. The maximum absolute atomic E-state index is 13.7. The van der Waals surface area contributed by atoms with Crippen molar-refractivity contribution in [2.45, 2.75) is 17.7 Å². The van der Waals surface area contributed by atoms with Crippen LogP contribution in [0.4, 0.5) is 4.39 Å². The van der Waals surface area contributed by atoms with Crippen molar-refractivity contribution in [3.63, 3.8) is 0 Å². The lowest BCUT2D eigenvalue weighted by atomic mass is 10.0. The first-order chi connectivity index (χ1) is 9.92. The molecule has 2 rings (SSSR count). The maximum Gasteiger partial charge on any atom is 0.241 e. The molecule has 0 saturated carbocycles. The first-order valence-corrected chi connectivity index (χ1v) is 8.46. The van der Waals surface area contributed by atoms with Crippen LogP contribution in [-0.4, -0.2) is 33.2 Å². The van der Waals surface area contributed by atoms with Gasteiger partial charge in [0, 0.05) is 13.2 Å². The Morgan fingerprint density at radius 2 is 2.29 bits per heavy atom. The van der Waals surface area contributed by atoms with E-state index in [4.69, 9.17) is 22.7 Å². The molecule has 116 valence electrons. The fourth-order valence-electron chi connectivity index (χ4n) is 2.24. The summed E-state index contributed by atoms with van der Waals surface area (Å²) in [5.74, 6) is -0.623. The summed E-state index contributed by atoms with van der Waals surface area (Å²) in [6.07, 6.45) is 1.80. The van der Waals surface area contributed by atoms with Crippen molar-refractivity contribution in [1.29, 1.82) is 0 Å². The number of benzene rings is 1. The highest BCUT2D eigenvalue weighted by Gasteiger charge is 2.24.